The summed E-state index contributed by atoms with van der Waals surface area (Å²) in [5.41, 5.74) is 44.6. The van der Waals surface area contributed by atoms with Gasteiger partial charge in [0, 0.05) is 55.9 Å². The van der Waals surface area contributed by atoms with Crippen LogP contribution in [0.1, 0.15) is 69.5 Å². The number of nitrogens with zero attached hydrogens (tertiary/aromatic N) is 2. The molecule has 0 radical (unpaired) electrons. The summed E-state index contributed by atoms with van der Waals surface area (Å²) in [6.07, 6.45) is 0. The van der Waals surface area contributed by atoms with Gasteiger partial charge in [-0.25, -0.2) is 0 Å². The highest BCUT2D eigenvalue weighted by Gasteiger charge is 2.53. The van der Waals surface area contributed by atoms with Crippen molar-refractivity contribution in [3.8, 4) is 145 Å². The van der Waals surface area contributed by atoms with Crippen molar-refractivity contribution < 1.29 is 9.47 Å². The van der Waals surface area contributed by atoms with Crippen LogP contribution in [0, 0.1) is 0 Å². The number of anilines is 6. The number of ether oxygens (including phenoxy) is 2. The quantitative estimate of drug-likeness (QED) is 0.166. The van der Waals surface area contributed by atoms with E-state index in [9.17, 15) is 0 Å². The Hall–Kier alpha value is -15.6. The molecule has 123 heavy (non-hydrogen) atoms. The first-order valence-electron chi connectivity index (χ1n) is 42.8. The van der Waals surface area contributed by atoms with E-state index in [1.165, 1.54) is 139 Å². The fraction of sp³-hybridized carbons (Fsp3) is 0.0420. The van der Waals surface area contributed by atoms with Crippen molar-refractivity contribution in [2.24, 2.45) is 0 Å². The molecule has 0 unspecified atom stereocenters. The highest BCUT2D eigenvalue weighted by atomic mass is 16.5. The lowest BCUT2D eigenvalue weighted by molar-refractivity contribution is 0.487. The molecular weight excluding hydrogens is 1490 g/mol. The Bertz CT molecular complexity index is 7520. The first kappa shape index (κ1) is 70.4. The zero-order valence-electron chi connectivity index (χ0n) is 67.8. The summed E-state index contributed by atoms with van der Waals surface area (Å²) in [4.78, 5) is 4.95. The van der Waals surface area contributed by atoms with E-state index in [0.29, 0.717) is 0 Å². The Balaban J connectivity index is 0.000000137. The van der Waals surface area contributed by atoms with Crippen molar-refractivity contribution in [3.63, 3.8) is 0 Å². The Morgan fingerprint density at radius 1 is 0.171 bits per heavy atom. The molecule has 0 fully saturated rings. The molecule has 7 aliphatic rings. The summed E-state index contributed by atoms with van der Waals surface area (Å²) in [5.74, 6) is 3.39. The third-order valence-corrected chi connectivity index (χ3v) is 27.4. The smallest absolute Gasteiger partial charge is 0.159 e. The second-order valence-electron chi connectivity index (χ2n) is 33.8. The van der Waals surface area contributed by atoms with Crippen molar-refractivity contribution in [2.75, 3.05) is 9.80 Å². The third kappa shape index (κ3) is 10.1. The zero-order chi connectivity index (χ0) is 81.2. The number of rotatable bonds is 6. The van der Waals surface area contributed by atoms with E-state index in [1.807, 2.05) is 6.07 Å². The molecule has 0 N–H and O–H groups in total. The first-order valence-corrected chi connectivity index (χ1v) is 42.8. The Kier molecular flexibility index (Phi) is 15.6. The molecule has 2 heterocycles. The zero-order valence-corrected chi connectivity index (χ0v) is 67.8. The van der Waals surface area contributed by atoms with Crippen LogP contribution < -0.4 is 19.3 Å². The predicted octanol–water partition coefficient (Wildman–Crippen LogP) is 31.5. The molecule has 19 aromatic rings. The van der Waals surface area contributed by atoms with Gasteiger partial charge in [-0.3, -0.25) is 0 Å². The van der Waals surface area contributed by atoms with Crippen LogP contribution in [-0.4, -0.2) is 0 Å². The van der Waals surface area contributed by atoms with Gasteiger partial charge in [0.25, 0.3) is 0 Å². The van der Waals surface area contributed by atoms with E-state index in [2.05, 4.69) is 454 Å². The molecule has 2 spiro atoms. The second-order valence-corrected chi connectivity index (χ2v) is 33.8. The molecule has 0 bridgehead atoms. The molecular formula is C119H78N2O2. The third-order valence-electron chi connectivity index (χ3n) is 27.4. The van der Waals surface area contributed by atoms with Crippen LogP contribution in [0.3, 0.4) is 0 Å². The van der Waals surface area contributed by atoms with Crippen molar-refractivity contribution >= 4 is 34.1 Å². The summed E-state index contributed by atoms with van der Waals surface area (Å²) in [6, 6.07) is 161. The minimum Gasteiger partial charge on any atom is -0.456 e. The van der Waals surface area contributed by atoms with Crippen LogP contribution in [0.5, 0.6) is 23.0 Å². The number of hydrogen-bond acceptors (Lipinski definition) is 4. The van der Waals surface area contributed by atoms with Gasteiger partial charge >= 0.3 is 0 Å². The number of benzene rings is 19. The monoisotopic (exact) mass is 1570 g/mol. The average Bonchev–Trinajstić information content (AvgIpc) is 1.52. The SMILES string of the molecule is CC1(C)c2ccccc2-c2ccc(N(c3cccc4c3Oc3ccccc3-c3ccccc3-4)c3cccc4c3-c3ccccc3C43c4ccccc4-c4ccccc4-c4ccccc43)cc21.c1ccc(N(c2ccc3c(c2)-c2ccccc2-c2ccccc2O3)c2cccc3c2-c2ccccc2C32c3ccccc3-c3ccccc3-c3ccccc32)cc1. The molecule has 576 valence electrons. The molecule has 0 atom stereocenters. The van der Waals surface area contributed by atoms with Gasteiger partial charge in [-0.1, -0.05) is 378 Å². The standard InChI is InChI=1S/C64H43NO.C55H35NO/c1-63(2)52-29-12-7-25-47(52)48-38-37-40(39-57(48)63)65(59-35-17-28-50-44-22-6-5-21-43(44)49-26-11-16-36-60(49)66-62(50)59)58-34-18-33-56-61(58)51-27-10-15-32-55(51)64(56)53-30-13-8-23-45(53)41-19-3-4-20-42(41)46-24-9-14-31-54(46)64;1-2-17-36(18-3-1)56(37-33-34-53-46(35-37)41-22-7-6-21-40(41)44-25-11-15-32-52(44)57-53)51-31-16-30-50-54(51)45-26-10-14-29-49(45)55(50)47-27-12-8-23-42(47)38-19-4-5-20-39(38)43-24-9-13-28-48(43)55/h3-39H,1-2H3;1-35H. The van der Waals surface area contributed by atoms with E-state index >= 15 is 0 Å². The molecule has 0 aromatic heterocycles. The molecule has 0 saturated carbocycles. The average molecular weight is 1570 g/mol. The van der Waals surface area contributed by atoms with Crippen LogP contribution in [0.4, 0.5) is 34.1 Å². The van der Waals surface area contributed by atoms with Gasteiger partial charge in [0.1, 0.15) is 17.2 Å². The van der Waals surface area contributed by atoms with E-state index in [4.69, 9.17) is 9.47 Å². The Morgan fingerprint density at radius 3 is 0.935 bits per heavy atom. The lowest BCUT2D eigenvalue weighted by atomic mass is 9.66. The molecule has 26 rings (SSSR count). The van der Waals surface area contributed by atoms with Crippen molar-refractivity contribution in [2.45, 2.75) is 30.1 Å². The van der Waals surface area contributed by atoms with Gasteiger partial charge in [0.15, 0.2) is 5.75 Å². The van der Waals surface area contributed by atoms with Crippen LogP contribution in [0.2, 0.25) is 0 Å². The maximum Gasteiger partial charge on any atom is 0.159 e. The molecule has 4 heteroatoms. The lowest BCUT2D eigenvalue weighted by Gasteiger charge is -2.36. The summed E-state index contributed by atoms with van der Waals surface area (Å²) < 4.78 is 14.0. The van der Waals surface area contributed by atoms with Crippen LogP contribution in [0.25, 0.3) is 122 Å². The van der Waals surface area contributed by atoms with Gasteiger partial charge in [-0.15, -0.1) is 0 Å². The highest BCUT2D eigenvalue weighted by Crippen LogP contribution is 2.68. The Morgan fingerprint density at radius 2 is 0.463 bits per heavy atom. The summed E-state index contributed by atoms with van der Waals surface area (Å²) >= 11 is 0. The van der Waals surface area contributed by atoms with E-state index in [-0.39, 0.29) is 5.41 Å². The predicted molar refractivity (Wildman–Crippen MR) is 505 cm³/mol. The second kappa shape index (κ2) is 27.2. The summed E-state index contributed by atoms with van der Waals surface area (Å²) in [6.45, 7) is 4.74. The van der Waals surface area contributed by atoms with Crippen LogP contribution >= 0.6 is 0 Å². The van der Waals surface area contributed by atoms with Crippen LogP contribution in [-0.2, 0) is 16.2 Å². The topological polar surface area (TPSA) is 24.9 Å². The highest BCUT2D eigenvalue weighted by molar-refractivity contribution is 6.07. The maximum absolute atomic E-state index is 7.33. The Labute approximate surface area is 716 Å². The van der Waals surface area contributed by atoms with E-state index in [1.54, 1.807) is 0 Å². The van der Waals surface area contributed by atoms with Gasteiger partial charge in [-0.2, -0.15) is 0 Å². The normalized spacial score (nSPS) is 13.8. The molecule has 4 nitrogen and oxygen atoms in total. The number of hydrogen-bond donors (Lipinski definition) is 0. The fourth-order valence-corrected chi connectivity index (χ4v) is 22.4. The summed E-state index contributed by atoms with van der Waals surface area (Å²) in [7, 11) is 0. The molecule has 0 saturated heterocycles. The van der Waals surface area contributed by atoms with Crippen molar-refractivity contribution in [1.29, 1.82) is 0 Å². The maximum atomic E-state index is 7.33. The minimum atomic E-state index is -0.622. The lowest BCUT2D eigenvalue weighted by Crippen LogP contribution is -2.29. The number of fused-ring (bicyclic) bond motifs is 37. The fourth-order valence-electron chi connectivity index (χ4n) is 22.4. The molecule has 5 aliphatic carbocycles. The molecule has 19 aromatic carbocycles. The molecule has 2 aliphatic heterocycles. The van der Waals surface area contributed by atoms with E-state index < -0.39 is 10.8 Å². The summed E-state index contributed by atoms with van der Waals surface area (Å²) in [5, 5.41) is 0. The largest absolute Gasteiger partial charge is 0.456 e. The van der Waals surface area contributed by atoms with Gasteiger partial charge in [-0.05, 0) is 217 Å². The van der Waals surface area contributed by atoms with Gasteiger partial charge < -0.3 is 19.3 Å². The van der Waals surface area contributed by atoms with Crippen LogP contribution in [0.15, 0.2) is 437 Å². The van der Waals surface area contributed by atoms with Crippen molar-refractivity contribution in [1.82, 2.24) is 0 Å². The number of para-hydroxylation sites is 4. The molecule has 0 amide bonds. The van der Waals surface area contributed by atoms with E-state index in [0.717, 1.165) is 96.1 Å². The van der Waals surface area contributed by atoms with Gasteiger partial charge in [0.05, 0.1) is 27.9 Å². The first-order chi connectivity index (χ1) is 60.8. The minimum absolute atomic E-state index is 0.201. The van der Waals surface area contributed by atoms with Crippen molar-refractivity contribution in [3.05, 3.63) is 492 Å². The van der Waals surface area contributed by atoms with Gasteiger partial charge in [0.2, 0.25) is 0 Å².